The Balaban J connectivity index is 3.26. The fraction of sp³-hybridized carbons (Fsp3) is 1.00. The SMILES string of the molecule is NC(CCO)O[PH](=O)O. The van der Waals surface area contributed by atoms with Crippen molar-refractivity contribution in [1.82, 2.24) is 0 Å². The van der Waals surface area contributed by atoms with Crippen LogP contribution in [0.25, 0.3) is 0 Å². The zero-order valence-corrected chi connectivity index (χ0v) is 5.78. The summed E-state index contributed by atoms with van der Waals surface area (Å²) in [6, 6.07) is 0. The number of nitrogens with two attached hydrogens (primary N) is 1. The van der Waals surface area contributed by atoms with Crippen LogP contribution in [0, 0.1) is 0 Å². The van der Waals surface area contributed by atoms with Gasteiger partial charge in [0.1, 0.15) is 6.23 Å². The summed E-state index contributed by atoms with van der Waals surface area (Å²) >= 11 is 0. The molecule has 56 valence electrons. The van der Waals surface area contributed by atoms with Crippen molar-refractivity contribution in [2.45, 2.75) is 12.6 Å². The molecule has 0 aromatic carbocycles. The minimum absolute atomic E-state index is 0.143. The Morgan fingerprint density at radius 2 is 2.33 bits per heavy atom. The molecule has 0 radical (unpaired) electrons. The minimum Gasteiger partial charge on any atom is -0.396 e. The first-order valence-corrected chi connectivity index (χ1v) is 3.69. The molecule has 6 heteroatoms. The monoisotopic (exact) mass is 155 g/mol. The molecule has 5 nitrogen and oxygen atoms in total. The second kappa shape index (κ2) is 4.90. The van der Waals surface area contributed by atoms with Crippen LogP contribution in [-0.2, 0) is 9.09 Å². The summed E-state index contributed by atoms with van der Waals surface area (Å²) in [6.45, 7) is -0.143. The van der Waals surface area contributed by atoms with E-state index in [0.717, 1.165) is 0 Å². The molecular formula is C3H10NO4P. The van der Waals surface area contributed by atoms with E-state index in [2.05, 4.69) is 4.52 Å². The largest absolute Gasteiger partial charge is 0.396 e. The second-order valence-electron chi connectivity index (χ2n) is 1.43. The van der Waals surface area contributed by atoms with Crippen LogP contribution in [0.1, 0.15) is 6.42 Å². The predicted octanol–water partition coefficient (Wildman–Crippen LogP) is -0.948. The van der Waals surface area contributed by atoms with Crippen LogP contribution in [0.15, 0.2) is 0 Å². The molecule has 0 saturated carbocycles. The number of rotatable bonds is 4. The summed E-state index contributed by atoms with van der Waals surface area (Å²) in [5.74, 6) is 0. The highest BCUT2D eigenvalue weighted by Gasteiger charge is 2.02. The van der Waals surface area contributed by atoms with Gasteiger partial charge in [0.15, 0.2) is 0 Å². The Labute approximate surface area is 53.4 Å². The number of hydrogen-bond donors (Lipinski definition) is 3. The van der Waals surface area contributed by atoms with E-state index in [1.807, 2.05) is 0 Å². The molecule has 2 unspecified atom stereocenters. The van der Waals surface area contributed by atoms with Crippen LogP contribution >= 0.6 is 8.25 Å². The van der Waals surface area contributed by atoms with Gasteiger partial charge >= 0.3 is 8.25 Å². The fourth-order valence-corrected chi connectivity index (χ4v) is 0.693. The molecule has 9 heavy (non-hydrogen) atoms. The van der Waals surface area contributed by atoms with Crippen LogP contribution in [0.2, 0.25) is 0 Å². The molecule has 0 aliphatic carbocycles. The first-order chi connectivity index (χ1) is 4.16. The van der Waals surface area contributed by atoms with E-state index in [0.29, 0.717) is 0 Å². The molecule has 0 aromatic rings. The maximum Gasteiger partial charge on any atom is 0.318 e. The molecule has 0 fully saturated rings. The molecule has 0 rings (SSSR count). The normalized spacial score (nSPS) is 17.2. The average Bonchev–Trinajstić information content (AvgIpc) is 1.63. The van der Waals surface area contributed by atoms with E-state index in [9.17, 15) is 4.57 Å². The van der Waals surface area contributed by atoms with Gasteiger partial charge < -0.3 is 15.7 Å². The lowest BCUT2D eigenvalue weighted by Crippen LogP contribution is -2.21. The van der Waals surface area contributed by atoms with Crippen molar-refractivity contribution in [3.05, 3.63) is 0 Å². The van der Waals surface area contributed by atoms with E-state index >= 15 is 0 Å². The van der Waals surface area contributed by atoms with Gasteiger partial charge in [0.05, 0.1) is 0 Å². The highest BCUT2D eigenvalue weighted by atomic mass is 31.1. The highest BCUT2D eigenvalue weighted by molar-refractivity contribution is 7.32. The van der Waals surface area contributed by atoms with Crippen molar-refractivity contribution >= 4 is 8.25 Å². The molecule has 4 N–H and O–H groups in total. The summed E-state index contributed by atoms with van der Waals surface area (Å²) in [4.78, 5) is 8.11. The predicted molar refractivity (Wildman–Crippen MR) is 32.0 cm³/mol. The van der Waals surface area contributed by atoms with Crippen molar-refractivity contribution in [2.75, 3.05) is 6.61 Å². The van der Waals surface area contributed by atoms with Gasteiger partial charge in [0, 0.05) is 13.0 Å². The number of aliphatic hydroxyl groups excluding tert-OH is 1. The van der Waals surface area contributed by atoms with E-state index in [4.69, 9.17) is 15.7 Å². The summed E-state index contributed by atoms with van der Waals surface area (Å²) < 4.78 is 14.1. The average molecular weight is 155 g/mol. The topological polar surface area (TPSA) is 92.8 Å². The molecule has 2 atom stereocenters. The van der Waals surface area contributed by atoms with E-state index in [1.165, 1.54) is 0 Å². The maximum absolute atomic E-state index is 9.89. The second-order valence-corrected chi connectivity index (χ2v) is 2.20. The molecule has 0 aromatic heterocycles. The number of hydrogen-bond acceptors (Lipinski definition) is 4. The van der Waals surface area contributed by atoms with Crippen LogP contribution in [0.3, 0.4) is 0 Å². The Morgan fingerprint density at radius 1 is 1.78 bits per heavy atom. The summed E-state index contributed by atoms with van der Waals surface area (Å²) in [5, 5.41) is 8.22. The van der Waals surface area contributed by atoms with E-state index in [1.54, 1.807) is 0 Å². The van der Waals surface area contributed by atoms with Crippen LogP contribution < -0.4 is 5.73 Å². The summed E-state index contributed by atoms with van der Waals surface area (Å²) in [7, 11) is -2.94. The van der Waals surface area contributed by atoms with Gasteiger partial charge in [0.2, 0.25) is 0 Å². The van der Waals surface area contributed by atoms with Crippen molar-refractivity contribution in [3.8, 4) is 0 Å². The minimum atomic E-state index is -2.94. The van der Waals surface area contributed by atoms with Gasteiger partial charge in [0.25, 0.3) is 0 Å². The Hall–Kier alpha value is 0.0700. The molecular weight excluding hydrogens is 145 g/mol. The smallest absolute Gasteiger partial charge is 0.318 e. The van der Waals surface area contributed by atoms with Gasteiger partial charge in [-0.15, -0.1) is 0 Å². The quantitative estimate of drug-likeness (QED) is 0.359. The van der Waals surface area contributed by atoms with Crippen molar-refractivity contribution in [3.63, 3.8) is 0 Å². The Kier molecular flexibility index (Phi) is 4.94. The lowest BCUT2D eigenvalue weighted by molar-refractivity contribution is 0.153. The standard InChI is InChI=1S/C3H10NO4P/c4-3(1-2-5)8-9(6)7/h3,5,9H,1-2,4H2,(H,6,7). The molecule has 0 bridgehead atoms. The molecule has 0 saturated heterocycles. The Bertz CT molecular complexity index is 97.8. The lowest BCUT2D eigenvalue weighted by atomic mass is 10.4. The number of aliphatic hydroxyl groups is 1. The zero-order chi connectivity index (χ0) is 7.28. The third-order valence-corrected chi connectivity index (χ3v) is 1.17. The highest BCUT2D eigenvalue weighted by Crippen LogP contribution is 2.16. The molecule has 0 amide bonds. The van der Waals surface area contributed by atoms with Gasteiger partial charge in [-0.05, 0) is 0 Å². The van der Waals surface area contributed by atoms with Crippen LogP contribution in [0.5, 0.6) is 0 Å². The summed E-state index contributed by atoms with van der Waals surface area (Å²) in [5.41, 5.74) is 5.07. The first-order valence-electron chi connectivity index (χ1n) is 2.43. The van der Waals surface area contributed by atoms with Crippen LogP contribution in [-0.4, -0.2) is 22.8 Å². The molecule has 0 aliphatic heterocycles. The van der Waals surface area contributed by atoms with Crippen LogP contribution in [0.4, 0.5) is 0 Å². The van der Waals surface area contributed by atoms with Gasteiger partial charge in [-0.2, -0.15) is 0 Å². The van der Waals surface area contributed by atoms with E-state index < -0.39 is 14.5 Å². The van der Waals surface area contributed by atoms with Crippen molar-refractivity contribution < 1.29 is 19.1 Å². The maximum atomic E-state index is 9.89. The zero-order valence-electron chi connectivity index (χ0n) is 4.78. The van der Waals surface area contributed by atoms with Gasteiger partial charge in [-0.25, -0.2) is 0 Å². The fourth-order valence-electron chi connectivity index (χ4n) is 0.316. The van der Waals surface area contributed by atoms with Gasteiger partial charge in [-0.3, -0.25) is 9.09 Å². The van der Waals surface area contributed by atoms with Crippen molar-refractivity contribution in [2.24, 2.45) is 5.73 Å². The molecule has 0 aliphatic rings. The molecule has 0 spiro atoms. The lowest BCUT2D eigenvalue weighted by Gasteiger charge is -2.06. The summed E-state index contributed by atoms with van der Waals surface area (Å²) in [6.07, 6.45) is -0.650. The third kappa shape index (κ3) is 5.95. The first kappa shape index (κ1) is 9.07. The van der Waals surface area contributed by atoms with Crippen molar-refractivity contribution in [1.29, 1.82) is 0 Å². The Morgan fingerprint density at radius 3 is 2.67 bits per heavy atom. The van der Waals surface area contributed by atoms with Gasteiger partial charge in [-0.1, -0.05) is 0 Å². The third-order valence-electron chi connectivity index (χ3n) is 0.666. The molecule has 0 heterocycles. The van der Waals surface area contributed by atoms with E-state index in [-0.39, 0.29) is 13.0 Å².